The summed E-state index contributed by atoms with van der Waals surface area (Å²) in [5.74, 6) is 2.29. The quantitative estimate of drug-likeness (QED) is 0.184. The highest BCUT2D eigenvalue weighted by molar-refractivity contribution is 6.15. The van der Waals surface area contributed by atoms with Gasteiger partial charge in [-0.15, -0.1) is 0 Å². The first-order valence-electron chi connectivity index (χ1n) is 16.3. The van der Waals surface area contributed by atoms with Crippen molar-refractivity contribution in [2.45, 2.75) is 0 Å². The second-order valence-electron chi connectivity index (χ2n) is 12.0. The van der Waals surface area contributed by atoms with Gasteiger partial charge < -0.3 is 8.83 Å². The molecule has 10 aromatic rings. The smallest absolute Gasteiger partial charge is 0.180 e. The number of nitrogens with zero attached hydrogens (tertiary/aromatic N) is 5. The van der Waals surface area contributed by atoms with Crippen LogP contribution in [0.2, 0.25) is 0 Å². The number of aromatic nitrogens is 5. The van der Waals surface area contributed by atoms with E-state index in [4.69, 9.17) is 33.8 Å². The van der Waals surface area contributed by atoms with Crippen molar-refractivity contribution in [3.8, 4) is 56.8 Å². The Labute approximate surface area is 285 Å². The summed E-state index contributed by atoms with van der Waals surface area (Å²) in [6.45, 7) is 0. The number of fused-ring (bicyclic) bond motifs is 6. The van der Waals surface area contributed by atoms with Gasteiger partial charge in [0, 0.05) is 38.4 Å². The Hall–Kier alpha value is -6.99. The molecule has 6 aromatic carbocycles. The van der Waals surface area contributed by atoms with E-state index in [2.05, 4.69) is 6.07 Å². The fraction of sp³-hybridized carbons (Fsp3) is 0. The lowest BCUT2D eigenvalue weighted by atomic mass is 10.0. The van der Waals surface area contributed by atoms with Crippen LogP contribution >= 0.6 is 0 Å². The lowest BCUT2D eigenvalue weighted by Crippen LogP contribution is -2.00. The summed E-state index contributed by atoms with van der Waals surface area (Å²) in [5.41, 5.74) is 8.70. The Morgan fingerprint density at radius 3 is 1.58 bits per heavy atom. The summed E-state index contributed by atoms with van der Waals surface area (Å²) < 4.78 is 13.0. The Bertz CT molecular complexity index is 2810. The molecule has 0 spiro atoms. The van der Waals surface area contributed by atoms with Crippen LogP contribution in [0.5, 0.6) is 0 Å². The summed E-state index contributed by atoms with van der Waals surface area (Å²) in [4.78, 5) is 25.2. The van der Waals surface area contributed by atoms with Crippen molar-refractivity contribution in [3.63, 3.8) is 0 Å². The van der Waals surface area contributed by atoms with Gasteiger partial charge in [0.2, 0.25) is 0 Å². The first-order chi connectivity index (χ1) is 24.8. The van der Waals surface area contributed by atoms with E-state index in [-0.39, 0.29) is 0 Å². The molecule has 50 heavy (non-hydrogen) atoms. The summed E-state index contributed by atoms with van der Waals surface area (Å²) >= 11 is 0. The number of hydrogen-bond acceptors (Lipinski definition) is 7. The molecule has 10 rings (SSSR count). The van der Waals surface area contributed by atoms with Gasteiger partial charge in [-0.25, -0.2) is 24.9 Å². The van der Waals surface area contributed by atoms with E-state index in [0.717, 1.165) is 60.8 Å². The molecule has 0 saturated heterocycles. The number of para-hydroxylation sites is 2. The lowest BCUT2D eigenvalue weighted by Gasteiger charge is -2.09. The van der Waals surface area contributed by atoms with Gasteiger partial charge in [-0.2, -0.15) is 0 Å². The summed E-state index contributed by atoms with van der Waals surface area (Å²) in [7, 11) is 0. The van der Waals surface area contributed by atoms with Gasteiger partial charge in [-0.05, 0) is 24.3 Å². The first-order valence-corrected chi connectivity index (χ1v) is 16.3. The third-order valence-electron chi connectivity index (χ3n) is 8.97. The Morgan fingerprint density at radius 1 is 0.340 bits per heavy atom. The van der Waals surface area contributed by atoms with Crippen molar-refractivity contribution < 1.29 is 8.83 Å². The average molecular weight is 644 g/mol. The maximum Gasteiger partial charge on any atom is 0.180 e. The van der Waals surface area contributed by atoms with Crippen molar-refractivity contribution in [1.82, 2.24) is 24.9 Å². The maximum atomic E-state index is 6.67. The molecular formula is C43H25N5O2. The topological polar surface area (TPSA) is 90.7 Å². The molecule has 7 heteroatoms. The van der Waals surface area contributed by atoms with Gasteiger partial charge in [0.1, 0.15) is 28.0 Å². The molecule has 0 radical (unpaired) electrons. The molecule has 0 atom stereocenters. The minimum atomic E-state index is 0.526. The molecule has 0 N–H and O–H groups in total. The SMILES string of the molecule is c1ccc(-c2nc(-c3ccccc3)nc(-c3cccc4c3oc3cccc(-c5nc(-c6ccccc6)c6oc7ccccc7c6n5)c34)n2)cc1. The molecule has 7 nitrogen and oxygen atoms in total. The molecule has 0 unspecified atom stereocenters. The molecule has 0 aliphatic heterocycles. The summed E-state index contributed by atoms with van der Waals surface area (Å²) in [6, 6.07) is 50.1. The zero-order valence-corrected chi connectivity index (χ0v) is 26.5. The number of furan rings is 2. The normalized spacial score (nSPS) is 11.6. The van der Waals surface area contributed by atoms with Crippen LogP contribution in [0.1, 0.15) is 0 Å². The van der Waals surface area contributed by atoms with Crippen molar-refractivity contribution in [2.75, 3.05) is 0 Å². The second-order valence-corrected chi connectivity index (χ2v) is 12.0. The Kier molecular flexibility index (Phi) is 6.35. The monoisotopic (exact) mass is 643 g/mol. The van der Waals surface area contributed by atoms with E-state index < -0.39 is 0 Å². The van der Waals surface area contributed by atoms with E-state index in [1.807, 2.05) is 146 Å². The highest BCUT2D eigenvalue weighted by Crippen LogP contribution is 2.41. The molecule has 0 amide bonds. The van der Waals surface area contributed by atoms with Crippen molar-refractivity contribution in [1.29, 1.82) is 0 Å². The molecule has 0 saturated carbocycles. The van der Waals surface area contributed by atoms with Gasteiger partial charge >= 0.3 is 0 Å². The number of rotatable bonds is 5. The van der Waals surface area contributed by atoms with Crippen molar-refractivity contribution in [2.24, 2.45) is 0 Å². The van der Waals surface area contributed by atoms with Crippen molar-refractivity contribution >= 4 is 44.0 Å². The fourth-order valence-corrected chi connectivity index (χ4v) is 6.64. The first kappa shape index (κ1) is 28.1. The Balaban J connectivity index is 1.21. The molecule has 0 bridgehead atoms. The van der Waals surface area contributed by atoms with Crippen LogP contribution in [0.3, 0.4) is 0 Å². The highest BCUT2D eigenvalue weighted by Gasteiger charge is 2.23. The van der Waals surface area contributed by atoms with Gasteiger partial charge in [0.05, 0.1) is 5.56 Å². The van der Waals surface area contributed by atoms with E-state index in [0.29, 0.717) is 40.0 Å². The van der Waals surface area contributed by atoms with E-state index >= 15 is 0 Å². The van der Waals surface area contributed by atoms with Gasteiger partial charge in [-0.3, -0.25) is 0 Å². The maximum absolute atomic E-state index is 6.67. The standard InChI is InChI=1S/C43H25N5O2/c1-4-14-26(15-5-1)36-39-37(29-20-10-11-24-33(29)49-39)45-42(44-36)31-22-13-25-34-35(31)30-21-12-23-32(38(30)50-34)43-47-40(27-16-6-2-7-17-27)46-41(48-43)28-18-8-3-9-19-28/h1-25H. The highest BCUT2D eigenvalue weighted by atomic mass is 16.3. The van der Waals surface area contributed by atoms with Crippen LogP contribution in [-0.2, 0) is 0 Å². The predicted molar refractivity (Wildman–Crippen MR) is 197 cm³/mol. The predicted octanol–water partition coefficient (Wildman–Crippen LogP) is 10.8. The van der Waals surface area contributed by atoms with Gasteiger partial charge in [0.25, 0.3) is 0 Å². The fourth-order valence-electron chi connectivity index (χ4n) is 6.64. The van der Waals surface area contributed by atoms with Crippen LogP contribution in [0, 0.1) is 0 Å². The van der Waals surface area contributed by atoms with Crippen molar-refractivity contribution in [3.05, 3.63) is 152 Å². The molecule has 0 fully saturated rings. The van der Waals surface area contributed by atoms with E-state index in [1.165, 1.54) is 0 Å². The minimum absolute atomic E-state index is 0.526. The molecule has 4 heterocycles. The number of benzene rings is 6. The number of hydrogen-bond donors (Lipinski definition) is 0. The largest absolute Gasteiger partial charge is 0.455 e. The van der Waals surface area contributed by atoms with Crippen LogP contribution in [0.4, 0.5) is 0 Å². The minimum Gasteiger partial charge on any atom is -0.455 e. The average Bonchev–Trinajstić information content (AvgIpc) is 3.77. The van der Waals surface area contributed by atoms with Gasteiger partial charge in [0.15, 0.2) is 28.9 Å². The molecule has 234 valence electrons. The molecular weight excluding hydrogens is 619 g/mol. The molecule has 0 aliphatic carbocycles. The van der Waals surface area contributed by atoms with Crippen LogP contribution in [-0.4, -0.2) is 24.9 Å². The van der Waals surface area contributed by atoms with Gasteiger partial charge in [-0.1, -0.05) is 127 Å². The van der Waals surface area contributed by atoms with Crippen LogP contribution in [0.15, 0.2) is 160 Å². The van der Waals surface area contributed by atoms with Crippen LogP contribution < -0.4 is 0 Å². The summed E-state index contributed by atoms with van der Waals surface area (Å²) in [6.07, 6.45) is 0. The molecule has 4 aromatic heterocycles. The zero-order valence-electron chi connectivity index (χ0n) is 26.5. The van der Waals surface area contributed by atoms with E-state index in [1.54, 1.807) is 0 Å². The lowest BCUT2D eigenvalue weighted by molar-refractivity contribution is 0.667. The van der Waals surface area contributed by atoms with Crippen LogP contribution in [0.25, 0.3) is 101 Å². The Morgan fingerprint density at radius 2 is 0.860 bits per heavy atom. The van der Waals surface area contributed by atoms with E-state index in [9.17, 15) is 0 Å². The summed E-state index contributed by atoms with van der Waals surface area (Å²) in [5, 5.41) is 2.77. The zero-order chi connectivity index (χ0) is 33.0. The third kappa shape index (κ3) is 4.56. The third-order valence-corrected chi connectivity index (χ3v) is 8.97. The molecule has 0 aliphatic rings. The second kappa shape index (κ2) is 11.3.